The topological polar surface area (TPSA) is 24.8 Å². The molecule has 3 aromatic rings. The van der Waals surface area contributed by atoms with Crippen LogP contribution in [0.1, 0.15) is 15.9 Å². The molecule has 0 spiro atoms. The Morgan fingerprint density at radius 1 is 0.923 bits per heavy atom. The first-order chi connectivity index (χ1) is 12.7. The summed E-state index contributed by atoms with van der Waals surface area (Å²) in [5.41, 5.74) is 2.16. The fraction of sp³-hybridized carbons (Fsp3) is 0.227. The van der Waals surface area contributed by atoms with Gasteiger partial charge in [-0.3, -0.25) is 4.79 Å². The molecule has 1 fully saturated rings. The van der Waals surface area contributed by atoms with E-state index in [4.69, 9.17) is 0 Å². The van der Waals surface area contributed by atoms with Crippen molar-refractivity contribution in [2.24, 2.45) is 0 Å². The van der Waals surface area contributed by atoms with Crippen molar-refractivity contribution >= 4 is 32.6 Å². The lowest BCUT2D eigenvalue weighted by atomic mass is 10.0. The number of nitrogens with one attached hydrogen (secondary N) is 1. The van der Waals surface area contributed by atoms with Crippen LogP contribution in [-0.4, -0.2) is 37.0 Å². The SMILES string of the molecule is O=C(c1cccc2ccccc12)N1CC[NH+](Cc2ccc(Br)cc2)CC1. The maximum absolute atomic E-state index is 13.0. The molecule has 3 aromatic carbocycles. The number of fused-ring (bicyclic) bond motifs is 1. The zero-order valence-electron chi connectivity index (χ0n) is 14.6. The van der Waals surface area contributed by atoms with E-state index in [9.17, 15) is 4.79 Å². The van der Waals surface area contributed by atoms with E-state index in [0.717, 1.165) is 53.5 Å². The monoisotopic (exact) mass is 409 g/mol. The maximum atomic E-state index is 13.0. The first-order valence-electron chi connectivity index (χ1n) is 9.06. The van der Waals surface area contributed by atoms with Gasteiger partial charge in [0.1, 0.15) is 6.54 Å². The van der Waals surface area contributed by atoms with Crippen molar-refractivity contribution in [3.8, 4) is 0 Å². The molecule has 3 nitrogen and oxygen atoms in total. The van der Waals surface area contributed by atoms with Gasteiger partial charge in [0.05, 0.1) is 26.2 Å². The molecule has 1 aliphatic rings. The van der Waals surface area contributed by atoms with Crippen molar-refractivity contribution in [2.45, 2.75) is 6.54 Å². The van der Waals surface area contributed by atoms with Crippen LogP contribution in [0.25, 0.3) is 10.8 Å². The van der Waals surface area contributed by atoms with E-state index in [-0.39, 0.29) is 5.91 Å². The zero-order valence-corrected chi connectivity index (χ0v) is 16.2. The van der Waals surface area contributed by atoms with Crippen LogP contribution < -0.4 is 4.90 Å². The minimum absolute atomic E-state index is 0.157. The van der Waals surface area contributed by atoms with Gasteiger partial charge in [0, 0.05) is 15.6 Å². The highest BCUT2D eigenvalue weighted by atomic mass is 79.9. The highest BCUT2D eigenvalue weighted by Crippen LogP contribution is 2.20. The van der Waals surface area contributed by atoms with Crippen molar-refractivity contribution < 1.29 is 9.69 Å². The van der Waals surface area contributed by atoms with Crippen LogP contribution in [0.3, 0.4) is 0 Å². The molecule has 0 aliphatic carbocycles. The van der Waals surface area contributed by atoms with Gasteiger partial charge in [-0.15, -0.1) is 0 Å². The van der Waals surface area contributed by atoms with Crippen LogP contribution in [0.15, 0.2) is 71.2 Å². The molecule has 26 heavy (non-hydrogen) atoms. The largest absolute Gasteiger partial charge is 0.328 e. The summed E-state index contributed by atoms with van der Waals surface area (Å²) in [6.07, 6.45) is 0. The Hall–Kier alpha value is -2.17. The van der Waals surface area contributed by atoms with E-state index in [1.807, 2.05) is 35.2 Å². The van der Waals surface area contributed by atoms with E-state index < -0.39 is 0 Å². The number of quaternary nitrogens is 1. The van der Waals surface area contributed by atoms with Gasteiger partial charge in [-0.1, -0.05) is 64.5 Å². The molecular formula is C22H22BrN2O+. The van der Waals surface area contributed by atoms with Crippen molar-refractivity contribution in [1.29, 1.82) is 0 Å². The van der Waals surface area contributed by atoms with Crippen LogP contribution >= 0.6 is 15.9 Å². The molecule has 1 saturated heterocycles. The number of carbonyl (C=O) groups is 1. The average molecular weight is 410 g/mol. The third-order valence-corrected chi connectivity index (χ3v) is 5.67. The van der Waals surface area contributed by atoms with Gasteiger partial charge < -0.3 is 9.80 Å². The Kier molecular flexibility index (Phi) is 5.05. The first-order valence-corrected chi connectivity index (χ1v) is 9.85. The highest BCUT2D eigenvalue weighted by Gasteiger charge is 2.25. The van der Waals surface area contributed by atoms with Crippen LogP contribution in [0.4, 0.5) is 0 Å². The summed E-state index contributed by atoms with van der Waals surface area (Å²) in [7, 11) is 0. The van der Waals surface area contributed by atoms with Crippen molar-refractivity contribution in [3.05, 3.63) is 82.3 Å². The third kappa shape index (κ3) is 3.67. The molecule has 0 saturated carbocycles. The van der Waals surface area contributed by atoms with Gasteiger partial charge in [0.25, 0.3) is 5.91 Å². The lowest BCUT2D eigenvalue weighted by Crippen LogP contribution is -3.13. The number of piperazine rings is 1. The Bertz CT molecular complexity index is 910. The summed E-state index contributed by atoms with van der Waals surface area (Å²) in [6, 6.07) is 22.6. The van der Waals surface area contributed by atoms with Crippen LogP contribution in [-0.2, 0) is 6.54 Å². The predicted octanol–water partition coefficient (Wildman–Crippen LogP) is 3.14. The number of halogens is 1. The van der Waals surface area contributed by atoms with E-state index in [1.165, 1.54) is 10.5 Å². The second kappa shape index (κ2) is 7.60. The fourth-order valence-electron chi connectivity index (χ4n) is 3.68. The summed E-state index contributed by atoms with van der Waals surface area (Å²) >= 11 is 3.48. The molecule has 0 bridgehead atoms. The van der Waals surface area contributed by atoms with E-state index >= 15 is 0 Å². The number of hydrogen-bond donors (Lipinski definition) is 1. The molecule has 0 atom stereocenters. The average Bonchev–Trinajstić information content (AvgIpc) is 2.69. The van der Waals surface area contributed by atoms with Crippen molar-refractivity contribution in [1.82, 2.24) is 4.90 Å². The molecule has 132 valence electrons. The fourth-order valence-corrected chi connectivity index (χ4v) is 3.94. The van der Waals surface area contributed by atoms with E-state index in [0.29, 0.717) is 0 Å². The summed E-state index contributed by atoms with van der Waals surface area (Å²) in [4.78, 5) is 16.6. The lowest BCUT2D eigenvalue weighted by Gasteiger charge is -2.32. The second-order valence-electron chi connectivity index (χ2n) is 6.87. The van der Waals surface area contributed by atoms with Crippen molar-refractivity contribution in [3.63, 3.8) is 0 Å². The van der Waals surface area contributed by atoms with E-state index in [2.05, 4.69) is 52.3 Å². The Morgan fingerprint density at radius 2 is 1.62 bits per heavy atom. The smallest absolute Gasteiger partial charge is 0.254 e. The van der Waals surface area contributed by atoms with Gasteiger partial charge in [0.15, 0.2) is 0 Å². The third-order valence-electron chi connectivity index (χ3n) is 5.15. The van der Waals surface area contributed by atoms with Gasteiger partial charge >= 0.3 is 0 Å². The summed E-state index contributed by atoms with van der Waals surface area (Å²) < 4.78 is 1.11. The summed E-state index contributed by atoms with van der Waals surface area (Å²) in [5.74, 6) is 0.157. The van der Waals surface area contributed by atoms with Gasteiger partial charge in [-0.2, -0.15) is 0 Å². The Balaban J connectivity index is 1.42. The molecular weight excluding hydrogens is 388 g/mol. The number of carbonyl (C=O) groups excluding carboxylic acids is 1. The molecule has 0 unspecified atom stereocenters. The van der Waals surface area contributed by atoms with Gasteiger partial charge in [-0.25, -0.2) is 0 Å². The van der Waals surface area contributed by atoms with Gasteiger partial charge in [-0.05, 0) is 29.0 Å². The predicted molar refractivity (Wildman–Crippen MR) is 108 cm³/mol. The zero-order chi connectivity index (χ0) is 17.9. The maximum Gasteiger partial charge on any atom is 0.254 e. The molecule has 1 heterocycles. The molecule has 0 aromatic heterocycles. The minimum Gasteiger partial charge on any atom is -0.328 e. The molecule has 1 amide bonds. The number of benzene rings is 3. The second-order valence-corrected chi connectivity index (χ2v) is 7.79. The van der Waals surface area contributed by atoms with Crippen LogP contribution in [0.2, 0.25) is 0 Å². The normalized spacial score (nSPS) is 15.3. The molecule has 4 heteroatoms. The summed E-state index contributed by atoms with van der Waals surface area (Å²) in [5, 5.41) is 2.17. The quantitative estimate of drug-likeness (QED) is 0.705. The molecule has 1 aliphatic heterocycles. The lowest BCUT2D eigenvalue weighted by molar-refractivity contribution is -0.917. The minimum atomic E-state index is 0.157. The van der Waals surface area contributed by atoms with Crippen LogP contribution in [0.5, 0.6) is 0 Å². The van der Waals surface area contributed by atoms with Crippen LogP contribution in [0, 0.1) is 0 Å². The van der Waals surface area contributed by atoms with Crippen molar-refractivity contribution in [2.75, 3.05) is 26.2 Å². The molecule has 0 radical (unpaired) electrons. The highest BCUT2D eigenvalue weighted by molar-refractivity contribution is 9.10. The Morgan fingerprint density at radius 3 is 2.38 bits per heavy atom. The number of amides is 1. The standard InChI is InChI=1S/C22H21BrN2O/c23-19-10-8-17(9-11-19)16-24-12-14-25(15-13-24)22(26)21-7-3-5-18-4-1-2-6-20(18)21/h1-11H,12-16H2/p+1. The molecule has 4 rings (SSSR count). The first kappa shape index (κ1) is 17.3. The molecule has 1 N–H and O–H groups in total. The summed E-state index contributed by atoms with van der Waals surface area (Å²) in [6.45, 7) is 4.63. The number of hydrogen-bond acceptors (Lipinski definition) is 1. The Labute approximate surface area is 162 Å². The van der Waals surface area contributed by atoms with Gasteiger partial charge in [0.2, 0.25) is 0 Å². The van der Waals surface area contributed by atoms with E-state index in [1.54, 1.807) is 0 Å². The number of nitrogens with zero attached hydrogens (tertiary/aromatic N) is 1. The number of rotatable bonds is 3.